The lowest BCUT2D eigenvalue weighted by molar-refractivity contribution is 0.706. The van der Waals surface area contributed by atoms with Gasteiger partial charge in [0.25, 0.3) is 5.56 Å². The smallest absolute Gasteiger partial charge is 0.264 e. The van der Waals surface area contributed by atoms with E-state index in [2.05, 4.69) is 5.10 Å². The zero-order chi connectivity index (χ0) is 11.2. The number of nitrogen functional groups attached to an aromatic ring is 1. The van der Waals surface area contributed by atoms with Crippen LogP contribution in [0.2, 0.25) is 0 Å². The quantitative estimate of drug-likeness (QED) is 0.744. The highest BCUT2D eigenvalue weighted by Crippen LogP contribution is 2.16. The standard InChI is InChI=1S/C10H14N4O/c1-4-14-6(2)5-7-8(10(14)15)9(11)12-13(7)3/h5H,4H2,1-3H3,(H2,11,12). The van der Waals surface area contributed by atoms with Gasteiger partial charge in [-0.15, -0.1) is 0 Å². The van der Waals surface area contributed by atoms with E-state index in [-0.39, 0.29) is 5.56 Å². The molecule has 0 aliphatic heterocycles. The predicted molar refractivity (Wildman–Crippen MR) is 59.8 cm³/mol. The Morgan fingerprint density at radius 1 is 1.53 bits per heavy atom. The van der Waals surface area contributed by atoms with Gasteiger partial charge in [-0.1, -0.05) is 0 Å². The number of hydrogen-bond acceptors (Lipinski definition) is 3. The van der Waals surface area contributed by atoms with Crippen LogP contribution in [-0.4, -0.2) is 14.3 Å². The molecule has 0 saturated heterocycles. The monoisotopic (exact) mass is 206 g/mol. The molecule has 0 radical (unpaired) electrons. The first kappa shape index (κ1) is 9.76. The molecule has 2 aromatic heterocycles. The second kappa shape index (κ2) is 3.12. The molecule has 15 heavy (non-hydrogen) atoms. The largest absolute Gasteiger partial charge is 0.382 e. The first-order valence-electron chi connectivity index (χ1n) is 4.89. The number of aromatic nitrogens is 3. The van der Waals surface area contributed by atoms with Crippen LogP contribution in [-0.2, 0) is 13.6 Å². The Balaban J connectivity index is 3.01. The summed E-state index contributed by atoms with van der Waals surface area (Å²) in [4.78, 5) is 12.0. The second-order valence-electron chi connectivity index (χ2n) is 3.60. The number of nitrogens with two attached hydrogens (primary N) is 1. The maximum absolute atomic E-state index is 12.0. The molecule has 0 saturated carbocycles. The summed E-state index contributed by atoms with van der Waals surface area (Å²) >= 11 is 0. The molecule has 80 valence electrons. The van der Waals surface area contributed by atoms with Crippen molar-refractivity contribution in [2.75, 3.05) is 5.73 Å². The van der Waals surface area contributed by atoms with Crippen LogP contribution in [0.25, 0.3) is 10.9 Å². The summed E-state index contributed by atoms with van der Waals surface area (Å²) in [6.07, 6.45) is 0. The highest BCUT2D eigenvalue weighted by molar-refractivity contribution is 5.88. The maximum Gasteiger partial charge on any atom is 0.264 e. The van der Waals surface area contributed by atoms with E-state index < -0.39 is 0 Å². The molecule has 0 aliphatic carbocycles. The molecule has 0 atom stereocenters. The van der Waals surface area contributed by atoms with Crippen LogP contribution in [0.1, 0.15) is 12.6 Å². The summed E-state index contributed by atoms with van der Waals surface area (Å²) in [7, 11) is 1.79. The summed E-state index contributed by atoms with van der Waals surface area (Å²) in [6, 6.07) is 1.93. The van der Waals surface area contributed by atoms with Crippen molar-refractivity contribution in [1.82, 2.24) is 14.3 Å². The van der Waals surface area contributed by atoms with Crippen LogP contribution in [0.15, 0.2) is 10.9 Å². The van der Waals surface area contributed by atoms with Crippen molar-refractivity contribution >= 4 is 16.7 Å². The zero-order valence-electron chi connectivity index (χ0n) is 9.11. The van der Waals surface area contributed by atoms with Gasteiger partial charge in [0.05, 0.1) is 5.52 Å². The van der Waals surface area contributed by atoms with Gasteiger partial charge in [-0.05, 0) is 19.9 Å². The van der Waals surface area contributed by atoms with Gasteiger partial charge in [-0.25, -0.2) is 0 Å². The van der Waals surface area contributed by atoms with Crippen LogP contribution in [0.3, 0.4) is 0 Å². The number of aryl methyl sites for hydroxylation is 2. The molecule has 0 unspecified atom stereocenters. The normalized spacial score (nSPS) is 11.1. The van der Waals surface area contributed by atoms with E-state index >= 15 is 0 Å². The Labute approximate surface area is 87.1 Å². The van der Waals surface area contributed by atoms with Crippen LogP contribution < -0.4 is 11.3 Å². The number of fused-ring (bicyclic) bond motifs is 1. The van der Waals surface area contributed by atoms with E-state index in [9.17, 15) is 4.79 Å². The SMILES string of the molecule is CCn1c(C)cc2c(c(N)nn2C)c1=O. The van der Waals surface area contributed by atoms with E-state index in [0.29, 0.717) is 17.7 Å². The van der Waals surface area contributed by atoms with Gasteiger partial charge in [0.1, 0.15) is 5.39 Å². The lowest BCUT2D eigenvalue weighted by atomic mass is 10.2. The van der Waals surface area contributed by atoms with Crippen molar-refractivity contribution < 1.29 is 0 Å². The van der Waals surface area contributed by atoms with Crippen LogP contribution in [0.5, 0.6) is 0 Å². The molecule has 0 amide bonds. The van der Waals surface area contributed by atoms with Crippen molar-refractivity contribution in [3.8, 4) is 0 Å². The Morgan fingerprint density at radius 2 is 2.20 bits per heavy atom. The number of rotatable bonds is 1. The van der Waals surface area contributed by atoms with Gasteiger partial charge in [-0.3, -0.25) is 9.48 Å². The second-order valence-corrected chi connectivity index (χ2v) is 3.60. The molecule has 0 bridgehead atoms. The third-order valence-electron chi connectivity index (χ3n) is 2.67. The van der Waals surface area contributed by atoms with E-state index in [4.69, 9.17) is 5.73 Å². The van der Waals surface area contributed by atoms with Gasteiger partial charge in [-0.2, -0.15) is 5.10 Å². The molecule has 5 nitrogen and oxygen atoms in total. The molecule has 2 heterocycles. The topological polar surface area (TPSA) is 65.8 Å². The minimum Gasteiger partial charge on any atom is -0.382 e. The number of hydrogen-bond donors (Lipinski definition) is 1. The number of nitrogens with zero attached hydrogens (tertiary/aromatic N) is 3. The number of anilines is 1. The highest BCUT2D eigenvalue weighted by Gasteiger charge is 2.12. The zero-order valence-corrected chi connectivity index (χ0v) is 9.11. The summed E-state index contributed by atoms with van der Waals surface area (Å²) in [5.41, 5.74) is 7.37. The minimum atomic E-state index is -0.0573. The molecule has 0 fully saturated rings. The molecule has 0 spiro atoms. The molecular formula is C10H14N4O. The Bertz CT molecular complexity index is 579. The molecule has 0 aromatic carbocycles. The minimum absolute atomic E-state index is 0.0573. The predicted octanol–water partition coefficient (Wildman–Crippen LogP) is 0.646. The number of pyridine rings is 1. The van der Waals surface area contributed by atoms with Crippen LogP contribution >= 0.6 is 0 Å². The lowest BCUT2D eigenvalue weighted by Gasteiger charge is -2.06. The summed E-state index contributed by atoms with van der Waals surface area (Å²) < 4.78 is 3.33. The third-order valence-corrected chi connectivity index (χ3v) is 2.67. The van der Waals surface area contributed by atoms with Crippen molar-refractivity contribution in [2.45, 2.75) is 20.4 Å². The molecule has 5 heteroatoms. The van der Waals surface area contributed by atoms with Gasteiger partial charge >= 0.3 is 0 Å². The van der Waals surface area contributed by atoms with Crippen molar-refractivity contribution in [1.29, 1.82) is 0 Å². The summed E-state index contributed by atoms with van der Waals surface area (Å²) in [5, 5.41) is 4.57. The average molecular weight is 206 g/mol. The fourth-order valence-electron chi connectivity index (χ4n) is 1.91. The molecule has 0 aliphatic rings. The first-order valence-corrected chi connectivity index (χ1v) is 4.89. The first-order chi connectivity index (χ1) is 7.06. The lowest BCUT2D eigenvalue weighted by Crippen LogP contribution is -2.21. The molecule has 2 aromatic rings. The van der Waals surface area contributed by atoms with Gasteiger partial charge in [0.2, 0.25) is 0 Å². The third kappa shape index (κ3) is 1.23. The molecule has 2 N–H and O–H groups in total. The maximum atomic E-state index is 12.0. The fraction of sp³-hybridized carbons (Fsp3) is 0.400. The highest BCUT2D eigenvalue weighted by atomic mass is 16.1. The van der Waals surface area contributed by atoms with E-state index in [0.717, 1.165) is 11.2 Å². The Hall–Kier alpha value is -1.78. The summed E-state index contributed by atoms with van der Waals surface area (Å²) in [5.74, 6) is 0.305. The van der Waals surface area contributed by atoms with Crippen LogP contribution in [0.4, 0.5) is 5.82 Å². The van der Waals surface area contributed by atoms with E-state index in [1.165, 1.54) is 0 Å². The molecule has 2 rings (SSSR count). The fourth-order valence-corrected chi connectivity index (χ4v) is 1.91. The van der Waals surface area contributed by atoms with Crippen molar-refractivity contribution in [3.63, 3.8) is 0 Å². The van der Waals surface area contributed by atoms with Crippen molar-refractivity contribution in [2.24, 2.45) is 7.05 Å². The van der Waals surface area contributed by atoms with E-state index in [1.807, 2.05) is 19.9 Å². The summed E-state index contributed by atoms with van der Waals surface area (Å²) in [6.45, 7) is 4.50. The van der Waals surface area contributed by atoms with Gasteiger partial charge < -0.3 is 10.3 Å². The van der Waals surface area contributed by atoms with Crippen LogP contribution in [0, 0.1) is 6.92 Å². The van der Waals surface area contributed by atoms with E-state index in [1.54, 1.807) is 16.3 Å². The molecular weight excluding hydrogens is 192 g/mol. The average Bonchev–Trinajstić information content (AvgIpc) is 2.42. The van der Waals surface area contributed by atoms with Crippen molar-refractivity contribution in [3.05, 3.63) is 22.1 Å². The Kier molecular flexibility index (Phi) is 2.03. The van der Waals surface area contributed by atoms with Gasteiger partial charge in [0.15, 0.2) is 5.82 Å². The van der Waals surface area contributed by atoms with Gasteiger partial charge in [0, 0.05) is 19.3 Å². The Morgan fingerprint density at radius 3 is 2.80 bits per heavy atom.